The first-order valence-electron chi connectivity index (χ1n) is 6.65. The summed E-state index contributed by atoms with van der Waals surface area (Å²) in [5, 5.41) is 12.8. The topological polar surface area (TPSA) is 77.2 Å². The number of Topliss-reactive ketones (excluding diaryl/α,β-unsaturated/α-hetero) is 1. The minimum atomic E-state index is -0.319. The third-order valence-electron chi connectivity index (χ3n) is 2.95. The molecule has 0 saturated heterocycles. The van der Waals surface area contributed by atoms with E-state index in [0.29, 0.717) is 26.5 Å². The van der Waals surface area contributed by atoms with Crippen LogP contribution in [-0.2, 0) is 11.2 Å². The van der Waals surface area contributed by atoms with E-state index >= 15 is 0 Å². The number of hydrogen-bond acceptors (Lipinski definition) is 7. The number of thioether (sulfide) groups is 1. The number of halogens is 1. The molecule has 0 atom stereocenters. The standard InChI is InChI=1S/C14H11ClN4O2S2/c1-8(20)7-22-14-18-19-12(21)11(16-17-13(19)23-14)6-9-4-2-3-5-10(9)15/h2-5H,6-7H2,1H3. The average Bonchev–Trinajstić information content (AvgIpc) is 2.94. The number of benzene rings is 1. The van der Waals surface area contributed by atoms with Crippen LogP contribution < -0.4 is 5.56 Å². The molecule has 0 N–H and O–H groups in total. The molecule has 0 aliphatic heterocycles. The lowest BCUT2D eigenvalue weighted by atomic mass is 10.1. The van der Waals surface area contributed by atoms with Gasteiger partial charge < -0.3 is 0 Å². The highest BCUT2D eigenvalue weighted by Gasteiger charge is 2.14. The van der Waals surface area contributed by atoms with E-state index in [-0.39, 0.29) is 17.0 Å². The molecule has 0 amide bonds. The zero-order valence-electron chi connectivity index (χ0n) is 12.0. The predicted molar refractivity (Wildman–Crippen MR) is 90.6 cm³/mol. The lowest BCUT2D eigenvalue weighted by Gasteiger charge is -2.02. The first-order chi connectivity index (χ1) is 11.0. The average molecular weight is 367 g/mol. The van der Waals surface area contributed by atoms with Crippen LogP contribution in [0, 0.1) is 0 Å². The lowest BCUT2D eigenvalue weighted by Crippen LogP contribution is -2.22. The van der Waals surface area contributed by atoms with Crippen LogP contribution in [0.4, 0.5) is 0 Å². The van der Waals surface area contributed by atoms with Gasteiger partial charge >= 0.3 is 0 Å². The smallest absolute Gasteiger partial charge is 0.297 e. The molecule has 0 bridgehead atoms. The Hall–Kier alpha value is -1.77. The summed E-state index contributed by atoms with van der Waals surface area (Å²) in [6.07, 6.45) is 0.294. The number of ketones is 1. The van der Waals surface area contributed by atoms with E-state index in [0.717, 1.165) is 5.56 Å². The molecule has 0 aliphatic rings. The van der Waals surface area contributed by atoms with E-state index in [1.54, 1.807) is 6.07 Å². The predicted octanol–water partition coefficient (Wildman–Crippen LogP) is 2.47. The summed E-state index contributed by atoms with van der Waals surface area (Å²) >= 11 is 8.63. The molecule has 1 aromatic carbocycles. The fraction of sp³-hybridized carbons (Fsp3) is 0.214. The van der Waals surface area contributed by atoms with Crippen molar-refractivity contribution in [1.29, 1.82) is 0 Å². The zero-order valence-corrected chi connectivity index (χ0v) is 14.4. The molecule has 2 aromatic heterocycles. The Kier molecular flexibility index (Phi) is 4.74. The van der Waals surface area contributed by atoms with Gasteiger partial charge in [0.1, 0.15) is 11.5 Å². The van der Waals surface area contributed by atoms with Crippen molar-refractivity contribution in [2.45, 2.75) is 17.7 Å². The van der Waals surface area contributed by atoms with Gasteiger partial charge in [0.25, 0.3) is 5.56 Å². The van der Waals surface area contributed by atoms with Crippen molar-refractivity contribution in [1.82, 2.24) is 19.8 Å². The molecule has 0 spiro atoms. The highest BCUT2D eigenvalue weighted by Crippen LogP contribution is 2.23. The molecule has 3 aromatic rings. The molecule has 0 unspecified atom stereocenters. The van der Waals surface area contributed by atoms with Crippen LogP contribution in [0.1, 0.15) is 18.2 Å². The third-order valence-corrected chi connectivity index (χ3v) is 5.50. The summed E-state index contributed by atoms with van der Waals surface area (Å²) in [5.74, 6) is 0.362. The van der Waals surface area contributed by atoms with Crippen LogP contribution in [0.2, 0.25) is 5.02 Å². The van der Waals surface area contributed by atoms with Crippen molar-refractivity contribution in [3.63, 3.8) is 0 Å². The molecule has 0 saturated carbocycles. The van der Waals surface area contributed by atoms with Crippen LogP contribution in [0.5, 0.6) is 0 Å². The van der Waals surface area contributed by atoms with Gasteiger partial charge in [0.05, 0.1) is 5.75 Å². The van der Waals surface area contributed by atoms with Gasteiger partial charge in [-0.05, 0) is 18.6 Å². The molecule has 2 heterocycles. The summed E-state index contributed by atoms with van der Waals surface area (Å²) in [6.45, 7) is 1.51. The fourth-order valence-corrected chi connectivity index (χ4v) is 3.76. The Morgan fingerprint density at radius 2 is 2.13 bits per heavy atom. The van der Waals surface area contributed by atoms with E-state index in [9.17, 15) is 9.59 Å². The second-order valence-corrected chi connectivity index (χ2v) is 7.36. The zero-order chi connectivity index (χ0) is 16.4. The molecular formula is C14H11ClN4O2S2. The van der Waals surface area contributed by atoms with Crippen molar-refractivity contribution in [3.05, 3.63) is 50.9 Å². The summed E-state index contributed by atoms with van der Waals surface area (Å²) in [4.78, 5) is 23.9. The van der Waals surface area contributed by atoms with Crippen LogP contribution in [-0.4, -0.2) is 31.3 Å². The van der Waals surface area contributed by atoms with Crippen LogP contribution in [0.15, 0.2) is 33.4 Å². The first kappa shape index (κ1) is 16.1. The second-order valence-electron chi connectivity index (χ2n) is 4.77. The lowest BCUT2D eigenvalue weighted by molar-refractivity contribution is -0.114. The van der Waals surface area contributed by atoms with Gasteiger partial charge in [-0.2, -0.15) is 4.52 Å². The monoisotopic (exact) mass is 366 g/mol. The summed E-state index contributed by atoms with van der Waals surface area (Å²) in [7, 11) is 0. The SMILES string of the molecule is CC(=O)CSc1nn2c(=O)c(Cc3ccccc3Cl)nnc2s1. The second kappa shape index (κ2) is 6.77. The first-order valence-corrected chi connectivity index (χ1v) is 8.83. The number of carbonyl (C=O) groups is 1. The Labute approximate surface area is 144 Å². The van der Waals surface area contributed by atoms with Gasteiger partial charge in [-0.1, -0.05) is 52.9 Å². The number of nitrogens with zero attached hydrogens (tertiary/aromatic N) is 4. The molecular weight excluding hydrogens is 356 g/mol. The van der Waals surface area contributed by atoms with E-state index in [2.05, 4.69) is 15.3 Å². The van der Waals surface area contributed by atoms with Crippen LogP contribution in [0.3, 0.4) is 0 Å². The minimum absolute atomic E-state index is 0.0482. The maximum Gasteiger partial charge on any atom is 0.297 e. The van der Waals surface area contributed by atoms with Gasteiger partial charge in [-0.15, -0.1) is 15.3 Å². The molecule has 0 aliphatic carbocycles. The van der Waals surface area contributed by atoms with Gasteiger partial charge in [-0.25, -0.2) is 0 Å². The largest absolute Gasteiger partial charge is 0.299 e. The van der Waals surface area contributed by atoms with Crippen molar-refractivity contribution in [2.24, 2.45) is 0 Å². The van der Waals surface area contributed by atoms with Gasteiger partial charge in [0, 0.05) is 11.4 Å². The summed E-state index contributed by atoms with van der Waals surface area (Å²) < 4.78 is 1.84. The Morgan fingerprint density at radius 1 is 1.35 bits per heavy atom. The van der Waals surface area contributed by atoms with Crippen molar-refractivity contribution >= 4 is 45.4 Å². The highest BCUT2D eigenvalue weighted by molar-refractivity contribution is 8.01. The summed E-state index contributed by atoms with van der Waals surface area (Å²) in [6, 6.07) is 7.28. The Balaban J connectivity index is 1.94. The number of aromatic nitrogens is 4. The molecule has 23 heavy (non-hydrogen) atoms. The van der Waals surface area contributed by atoms with E-state index in [4.69, 9.17) is 11.6 Å². The van der Waals surface area contributed by atoms with Gasteiger partial charge in [0.15, 0.2) is 4.34 Å². The Bertz CT molecular complexity index is 938. The number of fused-ring (bicyclic) bond motifs is 1. The van der Waals surface area contributed by atoms with Crippen LogP contribution in [0.25, 0.3) is 4.96 Å². The summed E-state index contributed by atoms with van der Waals surface area (Å²) in [5.41, 5.74) is 0.770. The molecule has 0 fully saturated rings. The normalized spacial score (nSPS) is 11.0. The van der Waals surface area contributed by atoms with E-state index in [1.165, 1.54) is 34.5 Å². The fourth-order valence-electron chi connectivity index (χ4n) is 1.88. The van der Waals surface area contributed by atoms with Gasteiger partial charge in [-0.3, -0.25) is 9.59 Å². The van der Waals surface area contributed by atoms with E-state index < -0.39 is 0 Å². The number of carbonyl (C=O) groups excluding carboxylic acids is 1. The molecule has 6 nitrogen and oxygen atoms in total. The molecule has 9 heteroatoms. The molecule has 3 rings (SSSR count). The molecule has 118 valence electrons. The quantitative estimate of drug-likeness (QED) is 0.645. The maximum absolute atomic E-state index is 12.5. The third kappa shape index (κ3) is 3.60. The van der Waals surface area contributed by atoms with Crippen molar-refractivity contribution < 1.29 is 4.79 Å². The van der Waals surface area contributed by atoms with Gasteiger partial charge in [0.2, 0.25) is 4.96 Å². The number of rotatable bonds is 5. The van der Waals surface area contributed by atoms with E-state index in [1.807, 2.05) is 18.2 Å². The maximum atomic E-state index is 12.5. The molecule has 0 radical (unpaired) electrons. The Morgan fingerprint density at radius 3 is 2.87 bits per heavy atom. The van der Waals surface area contributed by atoms with Crippen LogP contribution >= 0.6 is 34.7 Å². The number of hydrogen-bond donors (Lipinski definition) is 0. The highest BCUT2D eigenvalue weighted by atomic mass is 35.5. The van der Waals surface area contributed by atoms with Crippen molar-refractivity contribution in [3.8, 4) is 0 Å². The minimum Gasteiger partial charge on any atom is -0.299 e. The van der Waals surface area contributed by atoms with Crippen molar-refractivity contribution in [2.75, 3.05) is 5.75 Å².